The fourth-order valence-electron chi connectivity index (χ4n) is 1.88. The van der Waals surface area contributed by atoms with Gasteiger partial charge in [-0.1, -0.05) is 19.9 Å². The van der Waals surface area contributed by atoms with Crippen molar-refractivity contribution < 1.29 is 4.74 Å². The molecule has 0 aliphatic rings. The van der Waals surface area contributed by atoms with Crippen LogP contribution in [0.4, 0.5) is 0 Å². The third-order valence-corrected chi connectivity index (χ3v) is 3.36. The third kappa shape index (κ3) is 3.73. The Morgan fingerprint density at radius 2 is 1.80 bits per heavy atom. The molecule has 2 aromatic rings. The van der Waals surface area contributed by atoms with Gasteiger partial charge < -0.3 is 4.74 Å². The van der Waals surface area contributed by atoms with E-state index in [2.05, 4.69) is 18.8 Å². The number of aryl methyl sites for hydroxylation is 1. The minimum absolute atomic E-state index is 0.501. The molecule has 2 rings (SSSR count). The minimum Gasteiger partial charge on any atom is -0.493 e. The molecule has 0 atom stereocenters. The molecule has 0 unspecified atom stereocenters. The molecule has 0 N–H and O–H groups in total. The molecular weight excluding hydrogens is 270 g/mol. The maximum atomic E-state index is 5.86. The molecule has 0 fully saturated rings. The second-order valence-corrected chi connectivity index (χ2v) is 5.57. The van der Waals surface area contributed by atoms with Gasteiger partial charge in [0.2, 0.25) is 0 Å². The molecule has 0 bridgehead atoms. The third-order valence-electron chi connectivity index (χ3n) is 3.07. The molecule has 3 heteroatoms. The van der Waals surface area contributed by atoms with Gasteiger partial charge in [-0.25, -0.2) is 0 Å². The van der Waals surface area contributed by atoms with Gasteiger partial charge in [0.05, 0.1) is 12.3 Å². The van der Waals surface area contributed by atoms with Crippen LogP contribution >= 0.6 is 11.6 Å². The summed E-state index contributed by atoms with van der Waals surface area (Å²) in [6, 6.07) is 12.1. The van der Waals surface area contributed by atoms with Crippen LogP contribution in [-0.2, 0) is 5.88 Å². The predicted molar refractivity (Wildman–Crippen MR) is 84.3 cm³/mol. The Morgan fingerprint density at radius 3 is 2.35 bits per heavy atom. The van der Waals surface area contributed by atoms with Gasteiger partial charge in [0, 0.05) is 17.1 Å². The average molecular weight is 290 g/mol. The Hall–Kier alpha value is -1.54. The molecule has 0 spiro atoms. The molecule has 1 heterocycles. The molecule has 0 radical (unpaired) electrons. The van der Waals surface area contributed by atoms with Crippen molar-refractivity contribution >= 4 is 11.6 Å². The van der Waals surface area contributed by atoms with E-state index in [4.69, 9.17) is 16.3 Å². The lowest BCUT2D eigenvalue weighted by Crippen LogP contribution is -2.04. The molecule has 1 aromatic heterocycles. The Morgan fingerprint density at radius 1 is 1.10 bits per heavy atom. The van der Waals surface area contributed by atoms with Crippen molar-refractivity contribution in [1.29, 1.82) is 0 Å². The summed E-state index contributed by atoms with van der Waals surface area (Å²) in [6.07, 6.45) is 0. The van der Waals surface area contributed by atoms with E-state index in [0.29, 0.717) is 11.8 Å². The Kier molecular flexibility index (Phi) is 5.02. The zero-order valence-corrected chi connectivity index (χ0v) is 12.9. The van der Waals surface area contributed by atoms with E-state index in [1.54, 1.807) is 0 Å². The summed E-state index contributed by atoms with van der Waals surface area (Å²) in [4.78, 5) is 4.59. The first-order valence-corrected chi connectivity index (χ1v) is 7.39. The van der Waals surface area contributed by atoms with Gasteiger partial charge in [-0.05, 0) is 48.7 Å². The van der Waals surface area contributed by atoms with Crippen molar-refractivity contribution in [1.82, 2.24) is 4.98 Å². The summed E-state index contributed by atoms with van der Waals surface area (Å²) in [5.41, 5.74) is 4.11. The zero-order chi connectivity index (χ0) is 14.5. The first-order chi connectivity index (χ1) is 9.60. The Labute approximate surface area is 125 Å². The molecule has 0 saturated carbocycles. The maximum Gasteiger partial charge on any atom is 0.119 e. The first-order valence-electron chi connectivity index (χ1n) is 6.86. The summed E-state index contributed by atoms with van der Waals surface area (Å²) in [5, 5.41) is 0. The fourth-order valence-corrected chi connectivity index (χ4v) is 2.16. The number of pyridine rings is 1. The van der Waals surface area contributed by atoms with E-state index < -0.39 is 0 Å². The van der Waals surface area contributed by atoms with Crippen LogP contribution in [0.25, 0.3) is 11.3 Å². The zero-order valence-electron chi connectivity index (χ0n) is 12.2. The molecule has 20 heavy (non-hydrogen) atoms. The molecule has 0 aliphatic carbocycles. The van der Waals surface area contributed by atoms with E-state index in [-0.39, 0.29) is 0 Å². The summed E-state index contributed by atoms with van der Waals surface area (Å²) >= 11 is 5.86. The second kappa shape index (κ2) is 6.76. The molecule has 106 valence electrons. The highest BCUT2D eigenvalue weighted by Gasteiger charge is 2.04. The van der Waals surface area contributed by atoms with Gasteiger partial charge >= 0.3 is 0 Å². The van der Waals surface area contributed by atoms with Gasteiger partial charge in [-0.3, -0.25) is 4.98 Å². The van der Waals surface area contributed by atoms with Gasteiger partial charge in [-0.15, -0.1) is 11.6 Å². The number of rotatable bonds is 5. The topological polar surface area (TPSA) is 22.1 Å². The van der Waals surface area contributed by atoms with Crippen molar-refractivity contribution in [2.24, 2.45) is 5.92 Å². The van der Waals surface area contributed by atoms with Crippen molar-refractivity contribution in [3.8, 4) is 17.0 Å². The lowest BCUT2D eigenvalue weighted by Gasteiger charge is -2.10. The standard InChI is InChI=1S/C17H20ClNO/c1-12(2)11-20-16-7-4-14(5-8-16)17-9-6-15(10-18)13(3)19-17/h4-9,12H,10-11H2,1-3H3. The maximum absolute atomic E-state index is 5.86. The highest BCUT2D eigenvalue weighted by molar-refractivity contribution is 6.17. The van der Waals surface area contributed by atoms with Gasteiger partial charge in [0.15, 0.2) is 0 Å². The molecule has 1 aromatic carbocycles. The largest absolute Gasteiger partial charge is 0.493 e. The van der Waals surface area contributed by atoms with Crippen molar-refractivity contribution in [2.45, 2.75) is 26.7 Å². The number of nitrogens with zero attached hydrogens (tertiary/aromatic N) is 1. The summed E-state index contributed by atoms with van der Waals surface area (Å²) in [7, 11) is 0. The summed E-state index contributed by atoms with van der Waals surface area (Å²) in [6.45, 7) is 7.00. The van der Waals surface area contributed by atoms with Crippen LogP contribution in [0, 0.1) is 12.8 Å². The minimum atomic E-state index is 0.501. The fraction of sp³-hybridized carbons (Fsp3) is 0.353. The van der Waals surface area contributed by atoms with Crippen LogP contribution in [0.5, 0.6) is 5.75 Å². The van der Waals surface area contributed by atoms with Crippen molar-refractivity contribution in [3.63, 3.8) is 0 Å². The van der Waals surface area contributed by atoms with Crippen LogP contribution in [0.15, 0.2) is 36.4 Å². The van der Waals surface area contributed by atoms with E-state index in [9.17, 15) is 0 Å². The van der Waals surface area contributed by atoms with E-state index in [1.165, 1.54) is 0 Å². The highest BCUT2D eigenvalue weighted by atomic mass is 35.5. The van der Waals surface area contributed by atoms with E-state index in [1.807, 2.05) is 43.3 Å². The van der Waals surface area contributed by atoms with E-state index >= 15 is 0 Å². The lowest BCUT2D eigenvalue weighted by atomic mass is 10.1. The van der Waals surface area contributed by atoms with Crippen LogP contribution in [-0.4, -0.2) is 11.6 Å². The smallest absolute Gasteiger partial charge is 0.119 e. The van der Waals surface area contributed by atoms with Crippen molar-refractivity contribution in [3.05, 3.63) is 47.7 Å². The number of halogens is 1. The lowest BCUT2D eigenvalue weighted by molar-refractivity contribution is 0.271. The van der Waals surface area contributed by atoms with Crippen LogP contribution in [0.2, 0.25) is 0 Å². The first kappa shape index (κ1) is 14.9. The van der Waals surface area contributed by atoms with Gasteiger partial charge in [0.25, 0.3) is 0 Å². The number of alkyl halides is 1. The highest BCUT2D eigenvalue weighted by Crippen LogP contribution is 2.22. The molecule has 2 nitrogen and oxygen atoms in total. The van der Waals surface area contributed by atoms with Crippen LogP contribution in [0.3, 0.4) is 0 Å². The molecule has 0 saturated heterocycles. The number of benzene rings is 1. The number of aromatic nitrogens is 1. The number of ether oxygens (including phenoxy) is 1. The SMILES string of the molecule is Cc1nc(-c2ccc(OCC(C)C)cc2)ccc1CCl. The number of hydrogen-bond acceptors (Lipinski definition) is 2. The predicted octanol–water partition coefficient (Wildman–Crippen LogP) is 4.83. The molecule has 0 aliphatic heterocycles. The second-order valence-electron chi connectivity index (χ2n) is 5.30. The molecular formula is C17H20ClNO. The Bertz CT molecular complexity index is 564. The Balaban J connectivity index is 2.15. The summed E-state index contributed by atoms with van der Waals surface area (Å²) in [5.74, 6) is 1.93. The monoisotopic (exact) mass is 289 g/mol. The summed E-state index contributed by atoms with van der Waals surface area (Å²) < 4.78 is 5.68. The molecule has 0 amide bonds. The normalized spacial score (nSPS) is 10.8. The number of hydrogen-bond donors (Lipinski definition) is 0. The van der Waals surface area contributed by atoms with Crippen molar-refractivity contribution in [2.75, 3.05) is 6.61 Å². The average Bonchev–Trinajstić information content (AvgIpc) is 2.45. The van der Waals surface area contributed by atoms with Crippen LogP contribution < -0.4 is 4.74 Å². The quantitative estimate of drug-likeness (QED) is 0.736. The van der Waals surface area contributed by atoms with Crippen LogP contribution in [0.1, 0.15) is 25.1 Å². The van der Waals surface area contributed by atoms with E-state index in [0.717, 1.165) is 34.9 Å². The van der Waals surface area contributed by atoms with Gasteiger partial charge in [-0.2, -0.15) is 0 Å². The van der Waals surface area contributed by atoms with Gasteiger partial charge in [0.1, 0.15) is 5.75 Å².